The number of hydrogen-bond donors (Lipinski definition) is 1. The Labute approximate surface area is 181 Å². The van der Waals surface area contributed by atoms with Gasteiger partial charge in [0.1, 0.15) is 0 Å². The van der Waals surface area contributed by atoms with E-state index in [9.17, 15) is 23.1 Å². The van der Waals surface area contributed by atoms with Gasteiger partial charge in [0.15, 0.2) is 5.60 Å². The molecule has 0 unspecified atom stereocenters. The minimum Gasteiger partial charge on any atom is -0.380 e. The second kappa shape index (κ2) is 6.40. The van der Waals surface area contributed by atoms with E-state index in [-0.39, 0.29) is 22.9 Å². The number of benzene rings is 1. The van der Waals surface area contributed by atoms with Crippen LogP contribution in [-0.2, 0) is 11.8 Å². The quantitative estimate of drug-likeness (QED) is 0.644. The first kappa shape index (κ1) is 21.1. The zero-order chi connectivity index (χ0) is 22.4. The molecule has 3 saturated heterocycles. The Kier molecular flexibility index (Phi) is 4.35. The summed E-state index contributed by atoms with van der Waals surface area (Å²) in [4.78, 5) is 17.4. The monoisotopic (exact) mass is 436 g/mol. The fraction of sp³-hybridized carbons (Fsp3) is 0.708. The van der Waals surface area contributed by atoms with Crippen molar-refractivity contribution in [3.8, 4) is 0 Å². The highest BCUT2D eigenvalue weighted by molar-refractivity contribution is 5.77. The lowest BCUT2D eigenvalue weighted by atomic mass is 9.51. The van der Waals surface area contributed by atoms with Crippen molar-refractivity contribution in [2.75, 3.05) is 6.54 Å². The minimum absolute atomic E-state index is 0.00326. The van der Waals surface area contributed by atoms with Crippen LogP contribution in [0.2, 0.25) is 0 Å². The van der Waals surface area contributed by atoms with E-state index < -0.39 is 36.7 Å². The van der Waals surface area contributed by atoms with Gasteiger partial charge in [-0.3, -0.25) is 0 Å². The van der Waals surface area contributed by atoms with Crippen molar-refractivity contribution >= 4 is 6.03 Å². The van der Waals surface area contributed by atoms with Gasteiger partial charge >= 0.3 is 12.2 Å². The van der Waals surface area contributed by atoms with Gasteiger partial charge < -0.3 is 14.9 Å². The molecule has 5 atom stereocenters. The second-order valence-electron chi connectivity index (χ2n) is 10.9. The van der Waals surface area contributed by atoms with Gasteiger partial charge in [0.05, 0.1) is 0 Å². The van der Waals surface area contributed by atoms with Crippen molar-refractivity contribution in [3.05, 3.63) is 35.4 Å². The Balaban J connectivity index is 1.45. The zero-order valence-electron chi connectivity index (χ0n) is 18.4. The summed E-state index contributed by atoms with van der Waals surface area (Å²) < 4.78 is 40.4. The van der Waals surface area contributed by atoms with Crippen molar-refractivity contribution in [2.45, 2.75) is 94.6 Å². The number of rotatable bonds is 0. The van der Waals surface area contributed by atoms with Gasteiger partial charge in [-0.25, -0.2) is 4.79 Å². The number of alkyl halides is 3. The van der Waals surface area contributed by atoms with Crippen LogP contribution in [-0.4, -0.2) is 57.4 Å². The number of halogens is 3. The normalized spacial score (nSPS) is 38.7. The molecule has 4 bridgehead atoms. The SMILES string of the molecule is CC1(C)[C@H]2Cc3ccccc3[C@]1(C)CCN2C(=O)N1[C@@H]2CC[C@H]1C[C@](O)(C(F)(F)F)C2. The Bertz CT molecular complexity index is 900. The van der Waals surface area contributed by atoms with Crippen LogP contribution in [0.3, 0.4) is 0 Å². The van der Waals surface area contributed by atoms with Gasteiger partial charge in [0.2, 0.25) is 0 Å². The Hall–Kier alpha value is -1.76. The largest absolute Gasteiger partial charge is 0.417 e. The number of carbonyl (C=O) groups is 1. The van der Waals surface area contributed by atoms with Gasteiger partial charge in [0.25, 0.3) is 0 Å². The molecule has 1 aromatic rings. The third-order valence-corrected chi connectivity index (χ3v) is 9.27. The van der Waals surface area contributed by atoms with Crippen molar-refractivity contribution in [1.82, 2.24) is 9.80 Å². The number of urea groups is 1. The van der Waals surface area contributed by atoms with Crippen LogP contribution in [0.4, 0.5) is 18.0 Å². The summed E-state index contributed by atoms with van der Waals surface area (Å²) in [5.41, 5.74) is -0.270. The number of aliphatic hydroxyl groups is 1. The highest BCUT2D eigenvalue weighted by Crippen LogP contribution is 2.56. The van der Waals surface area contributed by atoms with E-state index in [1.54, 1.807) is 4.90 Å². The molecular formula is C24H31F3N2O2. The van der Waals surface area contributed by atoms with Crippen LogP contribution in [0.1, 0.15) is 64.0 Å². The first-order chi connectivity index (χ1) is 14.4. The molecule has 0 saturated carbocycles. The summed E-state index contributed by atoms with van der Waals surface area (Å²) in [5.74, 6) is 0. The number of fused-ring (bicyclic) bond motifs is 6. The predicted molar refractivity (Wildman–Crippen MR) is 111 cm³/mol. The van der Waals surface area contributed by atoms with E-state index in [0.717, 1.165) is 12.8 Å². The molecule has 4 nitrogen and oxygen atoms in total. The summed E-state index contributed by atoms with van der Waals surface area (Å²) in [6, 6.07) is 7.20. The summed E-state index contributed by atoms with van der Waals surface area (Å²) in [6.45, 7) is 7.34. The standard InChI is InChI=1S/C24H31F3N2O2/c1-21(2)19-12-15-6-4-5-7-18(15)22(21,3)10-11-28(19)20(30)29-16-8-9-17(29)14-23(31,13-16)24(25,26)27/h4-7,16-17,19,31H,8-14H2,1-3H3/t16-,17+,19-,22+,23+/m1/s1. The van der Waals surface area contributed by atoms with Crippen LogP contribution < -0.4 is 0 Å². The van der Waals surface area contributed by atoms with Crippen LogP contribution in [0.25, 0.3) is 0 Å². The second-order valence-corrected chi connectivity index (χ2v) is 10.9. The van der Waals surface area contributed by atoms with E-state index in [4.69, 9.17) is 0 Å². The number of carbonyl (C=O) groups excluding carboxylic acids is 1. The number of nitrogens with zero attached hydrogens (tertiary/aromatic N) is 2. The smallest absolute Gasteiger partial charge is 0.380 e. The van der Waals surface area contributed by atoms with Gasteiger partial charge in [-0.05, 0) is 42.2 Å². The Morgan fingerprint density at radius 2 is 1.71 bits per heavy atom. The van der Waals surface area contributed by atoms with Crippen LogP contribution in [0.5, 0.6) is 0 Å². The molecule has 5 rings (SSSR count). The first-order valence-corrected chi connectivity index (χ1v) is 11.4. The number of hydrogen-bond acceptors (Lipinski definition) is 2. The van der Waals surface area contributed by atoms with E-state index in [2.05, 4.69) is 39.0 Å². The van der Waals surface area contributed by atoms with Gasteiger partial charge in [-0.2, -0.15) is 13.2 Å². The summed E-state index contributed by atoms with van der Waals surface area (Å²) >= 11 is 0. The fourth-order valence-corrected chi connectivity index (χ4v) is 7.02. The van der Waals surface area contributed by atoms with Crippen LogP contribution in [0, 0.1) is 5.41 Å². The van der Waals surface area contributed by atoms with E-state index in [1.807, 2.05) is 11.0 Å². The highest BCUT2D eigenvalue weighted by Gasteiger charge is 2.63. The maximum Gasteiger partial charge on any atom is 0.417 e. The van der Waals surface area contributed by atoms with Gasteiger partial charge in [-0.1, -0.05) is 45.0 Å². The third-order valence-electron chi connectivity index (χ3n) is 9.27. The van der Waals surface area contributed by atoms with E-state index in [0.29, 0.717) is 19.4 Å². The Morgan fingerprint density at radius 1 is 1.10 bits per heavy atom. The molecule has 1 aromatic carbocycles. The number of amides is 2. The predicted octanol–water partition coefficient (Wildman–Crippen LogP) is 4.64. The lowest BCUT2D eigenvalue weighted by molar-refractivity contribution is -0.277. The number of piperidine rings is 2. The third kappa shape index (κ3) is 2.74. The average Bonchev–Trinajstić information content (AvgIpc) is 2.95. The molecule has 3 aliphatic heterocycles. The van der Waals surface area contributed by atoms with Crippen molar-refractivity contribution in [1.29, 1.82) is 0 Å². The summed E-state index contributed by atoms with van der Waals surface area (Å²) in [5, 5.41) is 10.3. The van der Waals surface area contributed by atoms with Gasteiger partial charge in [0, 0.05) is 42.9 Å². The molecule has 0 radical (unpaired) electrons. The molecular weight excluding hydrogens is 405 g/mol. The van der Waals surface area contributed by atoms with E-state index in [1.165, 1.54) is 11.1 Å². The first-order valence-electron chi connectivity index (χ1n) is 11.4. The molecule has 0 spiro atoms. The molecule has 31 heavy (non-hydrogen) atoms. The Morgan fingerprint density at radius 3 is 2.32 bits per heavy atom. The lowest BCUT2D eigenvalue weighted by Crippen LogP contribution is -2.68. The molecule has 7 heteroatoms. The lowest BCUT2D eigenvalue weighted by Gasteiger charge is -2.61. The van der Waals surface area contributed by atoms with Crippen molar-refractivity contribution in [3.63, 3.8) is 0 Å². The molecule has 170 valence electrons. The molecule has 2 amide bonds. The molecule has 4 aliphatic rings. The fourth-order valence-electron chi connectivity index (χ4n) is 7.02. The number of likely N-dealkylation sites (tertiary alicyclic amines) is 1. The highest BCUT2D eigenvalue weighted by atomic mass is 19.4. The summed E-state index contributed by atoms with van der Waals surface area (Å²) in [6.07, 6.45) is -2.85. The summed E-state index contributed by atoms with van der Waals surface area (Å²) in [7, 11) is 0. The molecule has 1 aliphatic carbocycles. The molecule has 0 aromatic heterocycles. The molecule has 1 N–H and O–H groups in total. The zero-order valence-corrected chi connectivity index (χ0v) is 18.4. The van der Waals surface area contributed by atoms with Gasteiger partial charge in [-0.15, -0.1) is 0 Å². The molecule has 3 fully saturated rings. The minimum atomic E-state index is -4.66. The van der Waals surface area contributed by atoms with Crippen LogP contribution >= 0.6 is 0 Å². The van der Waals surface area contributed by atoms with Crippen molar-refractivity contribution < 1.29 is 23.1 Å². The maximum absolute atomic E-state index is 13.8. The maximum atomic E-state index is 13.8. The van der Waals surface area contributed by atoms with Crippen molar-refractivity contribution in [2.24, 2.45) is 5.41 Å². The molecule has 3 heterocycles. The average molecular weight is 437 g/mol. The van der Waals surface area contributed by atoms with Crippen LogP contribution in [0.15, 0.2) is 24.3 Å². The topological polar surface area (TPSA) is 43.8 Å². The van der Waals surface area contributed by atoms with E-state index >= 15 is 0 Å².